The third-order valence-electron chi connectivity index (χ3n) is 3.98. The Morgan fingerprint density at radius 1 is 1.44 bits per heavy atom. The van der Waals surface area contributed by atoms with Gasteiger partial charge < -0.3 is 15.8 Å². The first kappa shape index (κ1) is 15.4. The van der Waals surface area contributed by atoms with E-state index in [4.69, 9.17) is 10.5 Å². The molecule has 0 aliphatic heterocycles. The number of hydrogen-bond acceptors (Lipinski definition) is 3. The van der Waals surface area contributed by atoms with Crippen LogP contribution < -0.4 is 11.1 Å². The Morgan fingerprint density at radius 2 is 2.06 bits per heavy atom. The number of carbonyl (C=O) groups is 1. The molecule has 1 rings (SSSR count). The first-order chi connectivity index (χ1) is 8.35. The Hall–Kier alpha value is -0.610. The molecule has 106 valence electrons. The van der Waals surface area contributed by atoms with Crippen LogP contribution >= 0.6 is 0 Å². The molecule has 3 N–H and O–H groups in total. The van der Waals surface area contributed by atoms with Gasteiger partial charge in [0.05, 0.1) is 11.5 Å². The molecule has 0 unspecified atom stereocenters. The van der Waals surface area contributed by atoms with Crippen molar-refractivity contribution in [3.8, 4) is 0 Å². The van der Waals surface area contributed by atoms with Crippen LogP contribution in [0.25, 0.3) is 0 Å². The SMILES string of the molecule is COC(C)(C)C[C@H](C)N[C@@H]1CCCC[C@@H]1C(N)=O. The Morgan fingerprint density at radius 3 is 2.61 bits per heavy atom. The number of nitrogens with one attached hydrogen (secondary N) is 1. The lowest BCUT2D eigenvalue weighted by molar-refractivity contribution is -0.123. The Kier molecular flexibility index (Phi) is 5.60. The molecule has 0 bridgehead atoms. The normalized spacial score (nSPS) is 26.9. The summed E-state index contributed by atoms with van der Waals surface area (Å²) in [4.78, 5) is 11.4. The molecule has 1 amide bonds. The number of hydrogen-bond donors (Lipinski definition) is 2. The molecule has 18 heavy (non-hydrogen) atoms. The smallest absolute Gasteiger partial charge is 0.222 e. The minimum absolute atomic E-state index is 0.00754. The highest BCUT2D eigenvalue weighted by Gasteiger charge is 2.31. The number of rotatable bonds is 6. The number of nitrogens with two attached hydrogens (primary N) is 1. The predicted molar refractivity (Wildman–Crippen MR) is 73.2 cm³/mol. The van der Waals surface area contributed by atoms with E-state index in [0.29, 0.717) is 6.04 Å². The summed E-state index contributed by atoms with van der Waals surface area (Å²) in [7, 11) is 1.74. The van der Waals surface area contributed by atoms with Gasteiger partial charge in [0.1, 0.15) is 0 Å². The summed E-state index contributed by atoms with van der Waals surface area (Å²) in [6.45, 7) is 6.31. The van der Waals surface area contributed by atoms with Gasteiger partial charge in [-0.3, -0.25) is 4.79 Å². The van der Waals surface area contributed by atoms with E-state index in [9.17, 15) is 4.79 Å². The van der Waals surface area contributed by atoms with Crippen LogP contribution in [-0.4, -0.2) is 30.7 Å². The molecule has 4 nitrogen and oxygen atoms in total. The van der Waals surface area contributed by atoms with Gasteiger partial charge >= 0.3 is 0 Å². The van der Waals surface area contributed by atoms with Crippen molar-refractivity contribution in [2.75, 3.05) is 7.11 Å². The van der Waals surface area contributed by atoms with Gasteiger partial charge in [-0.1, -0.05) is 12.8 Å². The van der Waals surface area contributed by atoms with Gasteiger partial charge in [-0.25, -0.2) is 0 Å². The van der Waals surface area contributed by atoms with E-state index in [-0.39, 0.29) is 23.5 Å². The van der Waals surface area contributed by atoms with Crippen molar-refractivity contribution in [2.24, 2.45) is 11.7 Å². The van der Waals surface area contributed by atoms with Crippen molar-refractivity contribution in [1.29, 1.82) is 0 Å². The number of amides is 1. The molecule has 0 saturated heterocycles. The third-order valence-corrected chi connectivity index (χ3v) is 3.98. The van der Waals surface area contributed by atoms with Gasteiger partial charge in [-0.2, -0.15) is 0 Å². The van der Waals surface area contributed by atoms with Gasteiger partial charge in [0.25, 0.3) is 0 Å². The van der Waals surface area contributed by atoms with E-state index in [0.717, 1.165) is 25.7 Å². The largest absolute Gasteiger partial charge is 0.379 e. The zero-order valence-electron chi connectivity index (χ0n) is 12.2. The van der Waals surface area contributed by atoms with Gasteiger partial charge in [-0.05, 0) is 40.0 Å². The molecule has 1 saturated carbocycles. The van der Waals surface area contributed by atoms with Crippen molar-refractivity contribution >= 4 is 5.91 Å². The van der Waals surface area contributed by atoms with Crippen molar-refractivity contribution in [2.45, 2.75) is 70.6 Å². The van der Waals surface area contributed by atoms with Crippen LogP contribution in [0.1, 0.15) is 52.9 Å². The summed E-state index contributed by atoms with van der Waals surface area (Å²) in [5.41, 5.74) is 5.35. The van der Waals surface area contributed by atoms with Crippen LogP contribution in [0.15, 0.2) is 0 Å². The molecule has 3 atom stereocenters. The van der Waals surface area contributed by atoms with E-state index < -0.39 is 0 Å². The van der Waals surface area contributed by atoms with Gasteiger partial charge in [-0.15, -0.1) is 0 Å². The zero-order valence-corrected chi connectivity index (χ0v) is 12.2. The first-order valence-corrected chi connectivity index (χ1v) is 6.96. The van der Waals surface area contributed by atoms with Crippen molar-refractivity contribution in [3.63, 3.8) is 0 Å². The molecule has 1 aliphatic rings. The molecular formula is C14H28N2O2. The van der Waals surface area contributed by atoms with Crippen LogP contribution in [-0.2, 0) is 9.53 Å². The Balaban J connectivity index is 2.51. The zero-order chi connectivity index (χ0) is 13.8. The fourth-order valence-corrected chi connectivity index (χ4v) is 2.92. The lowest BCUT2D eigenvalue weighted by atomic mass is 9.83. The summed E-state index contributed by atoms with van der Waals surface area (Å²) in [5, 5.41) is 3.56. The van der Waals surface area contributed by atoms with Crippen LogP contribution in [0, 0.1) is 5.92 Å². The van der Waals surface area contributed by atoms with Crippen LogP contribution in [0.2, 0.25) is 0 Å². The maximum absolute atomic E-state index is 11.4. The van der Waals surface area contributed by atoms with E-state index in [1.54, 1.807) is 7.11 Å². The van der Waals surface area contributed by atoms with E-state index in [1.165, 1.54) is 6.42 Å². The maximum Gasteiger partial charge on any atom is 0.222 e. The number of carbonyl (C=O) groups excluding carboxylic acids is 1. The molecular weight excluding hydrogens is 228 g/mol. The van der Waals surface area contributed by atoms with Gasteiger partial charge in [0.15, 0.2) is 0 Å². The number of methoxy groups -OCH3 is 1. The third kappa shape index (κ3) is 4.58. The molecule has 0 aromatic heterocycles. The predicted octanol–water partition coefficient (Wildman–Crippen LogP) is 1.82. The molecule has 4 heteroatoms. The molecule has 0 radical (unpaired) electrons. The maximum atomic E-state index is 11.4. The molecule has 0 spiro atoms. The minimum atomic E-state index is -0.162. The quantitative estimate of drug-likeness (QED) is 0.762. The second-order valence-electron chi connectivity index (χ2n) is 6.14. The average Bonchev–Trinajstić information content (AvgIpc) is 2.28. The van der Waals surface area contributed by atoms with E-state index >= 15 is 0 Å². The van der Waals surface area contributed by atoms with Gasteiger partial charge in [0.2, 0.25) is 5.91 Å². The average molecular weight is 256 g/mol. The van der Waals surface area contributed by atoms with Gasteiger partial charge in [0, 0.05) is 19.2 Å². The highest BCUT2D eigenvalue weighted by Crippen LogP contribution is 2.25. The summed E-state index contributed by atoms with van der Waals surface area (Å²) < 4.78 is 5.44. The fraction of sp³-hybridized carbons (Fsp3) is 0.929. The van der Waals surface area contributed by atoms with Crippen molar-refractivity contribution in [3.05, 3.63) is 0 Å². The van der Waals surface area contributed by atoms with Crippen LogP contribution in [0.3, 0.4) is 0 Å². The molecule has 0 aromatic carbocycles. The standard InChI is InChI=1S/C14H28N2O2/c1-10(9-14(2,3)18-4)16-12-8-6-5-7-11(12)13(15)17/h10-12,16H,5-9H2,1-4H3,(H2,15,17)/t10-,11-,12+/m0/s1. The highest BCUT2D eigenvalue weighted by molar-refractivity contribution is 5.77. The van der Waals surface area contributed by atoms with E-state index in [1.807, 2.05) is 0 Å². The minimum Gasteiger partial charge on any atom is -0.379 e. The second kappa shape index (κ2) is 6.53. The molecule has 1 fully saturated rings. The van der Waals surface area contributed by atoms with Crippen molar-refractivity contribution < 1.29 is 9.53 Å². The summed E-state index contributed by atoms with van der Waals surface area (Å²) in [5.74, 6) is -0.169. The first-order valence-electron chi connectivity index (χ1n) is 6.96. The number of ether oxygens (including phenoxy) is 1. The lowest BCUT2D eigenvalue weighted by Gasteiger charge is -2.35. The number of primary amides is 1. The summed E-state index contributed by atoms with van der Waals surface area (Å²) in [6, 6.07) is 0.559. The Bertz CT molecular complexity index is 279. The van der Waals surface area contributed by atoms with Crippen LogP contribution in [0.4, 0.5) is 0 Å². The second-order valence-corrected chi connectivity index (χ2v) is 6.14. The summed E-state index contributed by atoms with van der Waals surface area (Å²) >= 11 is 0. The summed E-state index contributed by atoms with van der Waals surface area (Å²) in [6.07, 6.45) is 5.19. The topological polar surface area (TPSA) is 64.3 Å². The van der Waals surface area contributed by atoms with Crippen LogP contribution in [0.5, 0.6) is 0 Å². The van der Waals surface area contributed by atoms with E-state index in [2.05, 4.69) is 26.1 Å². The fourth-order valence-electron chi connectivity index (χ4n) is 2.92. The Labute approximate surface area is 111 Å². The monoisotopic (exact) mass is 256 g/mol. The lowest BCUT2D eigenvalue weighted by Crippen LogP contribution is -2.49. The molecule has 0 aromatic rings. The molecule has 0 heterocycles. The molecule has 1 aliphatic carbocycles. The van der Waals surface area contributed by atoms with Crippen molar-refractivity contribution in [1.82, 2.24) is 5.32 Å². The highest BCUT2D eigenvalue weighted by atomic mass is 16.5.